The highest BCUT2D eigenvalue weighted by Crippen LogP contribution is 2.27. The van der Waals surface area contributed by atoms with Crippen LogP contribution in [-0.2, 0) is 4.79 Å². The number of aromatic hydroxyl groups is 1. The minimum atomic E-state index is -0.571. The first-order valence-electron chi connectivity index (χ1n) is 5.50. The predicted molar refractivity (Wildman–Crippen MR) is 71.9 cm³/mol. The van der Waals surface area contributed by atoms with Gasteiger partial charge in [0.2, 0.25) is 5.91 Å². The van der Waals surface area contributed by atoms with Crippen LogP contribution in [0.25, 0.3) is 0 Å². The van der Waals surface area contributed by atoms with Gasteiger partial charge >= 0.3 is 0 Å². The van der Waals surface area contributed by atoms with E-state index < -0.39 is 6.04 Å². The van der Waals surface area contributed by atoms with Gasteiger partial charge in [-0.2, -0.15) is 0 Å². The Bertz CT molecular complexity index is 409. The standard InChI is InChI=1S/C12H17BrN2O2/c1-3-7(2)11(14)12(17)15-9-6-8(13)4-5-10(9)16/h4-7,11,16H,3,14H2,1-2H3,(H,15,17)/t7?,11-/m0/s1. The molecule has 1 aromatic rings. The molecule has 1 unspecified atom stereocenters. The van der Waals surface area contributed by atoms with Crippen LogP contribution in [0.4, 0.5) is 5.69 Å². The molecule has 0 aliphatic rings. The van der Waals surface area contributed by atoms with Gasteiger partial charge in [0.05, 0.1) is 11.7 Å². The zero-order valence-corrected chi connectivity index (χ0v) is 11.5. The van der Waals surface area contributed by atoms with Crippen molar-refractivity contribution in [3.8, 4) is 5.75 Å². The number of benzene rings is 1. The number of phenols is 1. The van der Waals surface area contributed by atoms with Crippen LogP contribution in [0.1, 0.15) is 20.3 Å². The average molecular weight is 301 g/mol. The van der Waals surface area contributed by atoms with E-state index >= 15 is 0 Å². The Hall–Kier alpha value is -1.07. The Labute approximate surface area is 109 Å². The van der Waals surface area contributed by atoms with Gasteiger partial charge in [0, 0.05) is 4.47 Å². The number of carbonyl (C=O) groups excluding carboxylic acids is 1. The highest BCUT2D eigenvalue weighted by molar-refractivity contribution is 9.10. The summed E-state index contributed by atoms with van der Waals surface area (Å²) < 4.78 is 0.780. The van der Waals surface area contributed by atoms with Crippen LogP contribution in [0.2, 0.25) is 0 Å². The van der Waals surface area contributed by atoms with Crippen molar-refractivity contribution < 1.29 is 9.90 Å². The van der Waals surface area contributed by atoms with E-state index in [0.717, 1.165) is 10.9 Å². The third kappa shape index (κ3) is 3.71. The third-order valence-electron chi connectivity index (χ3n) is 2.78. The van der Waals surface area contributed by atoms with Crippen LogP contribution in [0.15, 0.2) is 22.7 Å². The maximum absolute atomic E-state index is 11.8. The van der Waals surface area contributed by atoms with Gasteiger partial charge in [-0.3, -0.25) is 4.79 Å². The quantitative estimate of drug-likeness (QED) is 0.748. The van der Waals surface area contributed by atoms with Crippen LogP contribution in [0, 0.1) is 5.92 Å². The molecule has 94 valence electrons. The van der Waals surface area contributed by atoms with E-state index in [4.69, 9.17) is 5.73 Å². The molecule has 0 bridgehead atoms. The van der Waals surface area contributed by atoms with Crippen LogP contribution in [-0.4, -0.2) is 17.1 Å². The van der Waals surface area contributed by atoms with Crippen molar-refractivity contribution in [1.29, 1.82) is 0 Å². The van der Waals surface area contributed by atoms with Crippen molar-refractivity contribution in [2.24, 2.45) is 11.7 Å². The lowest BCUT2D eigenvalue weighted by molar-refractivity contribution is -0.118. The molecule has 1 aromatic carbocycles. The number of phenolic OH excluding ortho intramolecular Hbond substituents is 1. The molecule has 0 spiro atoms. The fourth-order valence-electron chi connectivity index (χ4n) is 1.34. The summed E-state index contributed by atoms with van der Waals surface area (Å²) in [4.78, 5) is 11.8. The summed E-state index contributed by atoms with van der Waals surface area (Å²) in [6.45, 7) is 3.90. The number of hydrogen-bond acceptors (Lipinski definition) is 3. The molecule has 4 nitrogen and oxygen atoms in total. The van der Waals surface area contributed by atoms with E-state index in [1.165, 1.54) is 6.07 Å². The maximum Gasteiger partial charge on any atom is 0.241 e. The molecular formula is C12H17BrN2O2. The second-order valence-corrected chi connectivity index (χ2v) is 4.98. The normalized spacial score (nSPS) is 14.1. The van der Waals surface area contributed by atoms with Gasteiger partial charge in [-0.25, -0.2) is 0 Å². The van der Waals surface area contributed by atoms with E-state index in [1.807, 2.05) is 13.8 Å². The number of hydrogen-bond donors (Lipinski definition) is 3. The molecular weight excluding hydrogens is 284 g/mol. The second kappa shape index (κ2) is 6.02. The first kappa shape index (κ1) is 14.0. The molecule has 0 heterocycles. The van der Waals surface area contributed by atoms with Crippen molar-refractivity contribution in [2.75, 3.05) is 5.32 Å². The van der Waals surface area contributed by atoms with Gasteiger partial charge in [-0.15, -0.1) is 0 Å². The minimum absolute atomic E-state index is 0.0258. The number of nitrogens with two attached hydrogens (primary N) is 1. The van der Waals surface area contributed by atoms with Crippen LogP contribution in [0.3, 0.4) is 0 Å². The largest absolute Gasteiger partial charge is 0.506 e. The number of halogens is 1. The predicted octanol–water partition coefficient (Wildman–Crippen LogP) is 2.47. The van der Waals surface area contributed by atoms with E-state index in [1.54, 1.807) is 12.1 Å². The van der Waals surface area contributed by atoms with Gasteiger partial charge < -0.3 is 16.2 Å². The topological polar surface area (TPSA) is 75.4 Å². The van der Waals surface area contributed by atoms with Gasteiger partial charge in [-0.05, 0) is 24.1 Å². The Balaban J connectivity index is 2.77. The molecule has 17 heavy (non-hydrogen) atoms. The van der Waals surface area contributed by atoms with E-state index in [0.29, 0.717) is 5.69 Å². The van der Waals surface area contributed by atoms with Gasteiger partial charge in [0.25, 0.3) is 0 Å². The Morgan fingerprint density at radius 2 is 2.24 bits per heavy atom. The summed E-state index contributed by atoms with van der Waals surface area (Å²) in [7, 11) is 0. The first-order valence-corrected chi connectivity index (χ1v) is 6.30. The van der Waals surface area contributed by atoms with Crippen molar-refractivity contribution in [3.05, 3.63) is 22.7 Å². The van der Waals surface area contributed by atoms with Gasteiger partial charge in [0.15, 0.2) is 0 Å². The Morgan fingerprint density at radius 1 is 1.59 bits per heavy atom. The fourth-order valence-corrected chi connectivity index (χ4v) is 1.70. The molecule has 0 aromatic heterocycles. The molecule has 0 aliphatic carbocycles. The third-order valence-corrected chi connectivity index (χ3v) is 3.27. The summed E-state index contributed by atoms with van der Waals surface area (Å²) in [5.41, 5.74) is 6.17. The molecule has 1 amide bonds. The number of nitrogens with one attached hydrogen (secondary N) is 1. The summed E-state index contributed by atoms with van der Waals surface area (Å²) in [6.07, 6.45) is 0.832. The molecule has 0 saturated heterocycles. The van der Waals surface area contributed by atoms with Crippen LogP contribution in [0.5, 0.6) is 5.75 Å². The highest BCUT2D eigenvalue weighted by Gasteiger charge is 2.20. The fraction of sp³-hybridized carbons (Fsp3) is 0.417. The molecule has 5 heteroatoms. The first-order chi connectivity index (χ1) is 7.95. The lowest BCUT2D eigenvalue weighted by Crippen LogP contribution is -2.40. The van der Waals surface area contributed by atoms with E-state index in [2.05, 4.69) is 21.2 Å². The summed E-state index contributed by atoms with van der Waals surface area (Å²) in [6, 6.07) is 4.27. The molecule has 1 rings (SSSR count). The van der Waals surface area contributed by atoms with Crippen molar-refractivity contribution >= 4 is 27.5 Å². The van der Waals surface area contributed by atoms with E-state index in [-0.39, 0.29) is 17.6 Å². The Kier molecular flexibility index (Phi) is 4.96. The molecule has 0 aliphatic heterocycles. The smallest absolute Gasteiger partial charge is 0.241 e. The molecule has 0 saturated carbocycles. The number of carbonyl (C=O) groups is 1. The molecule has 0 radical (unpaired) electrons. The van der Waals surface area contributed by atoms with Crippen molar-refractivity contribution in [1.82, 2.24) is 0 Å². The summed E-state index contributed by atoms with van der Waals surface area (Å²) >= 11 is 3.27. The summed E-state index contributed by atoms with van der Waals surface area (Å²) in [5.74, 6) is -0.157. The lowest BCUT2D eigenvalue weighted by atomic mass is 9.99. The molecule has 0 fully saturated rings. The number of rotatable bonds is 4. The zero-order valence-electron chi connectivity index (χ0n) is 9.90. The van der Waals surface area contributed by atoms with Crippen molar-refractivity contribution in [3.63, 3.8) is 0 Å². The lowest BCUT2D eigenvalue weighted by Gasteiger charge is -2.18. The monoisotopic (exact) mass is 300 g/mol. The average Bonchev–Trinajstić information content (AvgIpc) is 2.31. The Morgan fingerprint density at radius 3 is 2.82 bits per heavy atom. The second-order valence-electron chi connectivity index (χ2n) is 4.06. The number of amides is 1. The van der Waals surface area contributed by atoms with Crippen LogP contribution < -0.4 is 11.1 Å². The van der Waals surface area contributed by atoms with E-state index in [9.17, 15) is 9.90 Å². The van der Waals surface area contributed by atoms with Crippen LogP contribution >= 0.6 is 15.9 Å². The molecule has 4 N–H and O–H groups in total. The highest BCUT2D eigenvalue weighted by atomic mass is 79.9. The minimum Gasteiger partial charge on any atom is -0.506 e. The summed E-state index contributed by atoms with van der Waals surface area (Å²) in [5, 5.41) is 12.2. The SMILES string of the molecule is CCC(C)[C@H](N)C(=O)Nc1cc(Br)ccc1O. The van der Waals surface area contributed by atoms with Gasteiger partial charge in [-0.1, -0.05) is 36.2 Å². The van der Waals surface area contributed by atoms with Gasteiger partial charge in [0.1, 0.15) is 5.75 Å². The number of anilines is 1. The maximum atomic E-state index is 11.8. The van der Waals surface area contributed by atoms with Crippen molar-refractivity contribution in [2.45, 2.75) is 26.3 Å². The molecule has 2 atom stereocenters. The zero-order chi connectivity index (χ0) is 13.0.